The topological polar surface area (TPSA) is 65.1 Å². The van der Waals surface area contributed by atoms with Crippen molar-refractivity contribution in [1.82, 2.24) is 0 Å². The van der Waals surface area contributed by atoms with E-state index in [4.69, 9.17) is 14.2 Å². The maximum absolute atomic E-state index is 13.4. The molecule has 147 valence electrons. The van der Waals surface area contributed by atoms with Crippen molar-refractivity contribution in [3.8, 4) is 17.2 Å². The predicted molar refractivity (Wildman–Crippen MR) is 102 cm³/mol. The number of nitrogens with zero attached hydrogens (tertiary/aromatic N) is 1. The molecule has 0 bridgehead atoms. The number of hydrogen-bond acceptors (Lipinski definition) is 5. The fourth-order valence-electron chi connectivity index (χ4n) is 3.08. The molecule has 0 saturated carbocycles. The third-order valence-corrected chi connectivity index (χ3v) is 5.07. The first kappa shape index (κ1) is 20.2. The first-order valence-electron chi connectivity index (χ1n) is 8.75. The van der Waals surface area contributed by atoms with Crippen molar-refractivity contribution in [2.45, 2.75) is 20.0 Å². The molecule has 3 rings (SSSR count). The zero-order valence-electron chi connectivity index (χ0n) is 16.0. The SMILES string of the molecule is COc1ccc(C(=O)N2C(=O)C(C(C)C)Oc3c([CH]=[Ru+])cccc32)c(OC)c1. The summed E-state index contributed by atoms with van der Waals surface area (Å²) in [4.78, 5) is 27.8. The van der Waals surface area contributed by atoms with Gasteiger partial charge in [0.05, 0.1) is 0 Å². The number of anilines is 1. The molecule has 1 aliphatic heterocycles. The fraction of sp³-hybridized carbons (Fsp3) is 0.286. The molecule has 0 N–H and O–H groups in total. The Morgan fingerprint density at radius 3 is 2.57 bits per heavy atom. The molecule has 1 atom stereocenters. The Morgan fingerprint density at radius 2 is 1.96 bits per heavy atom. The molecule has 28 heavy (non-hydrogen) atoms. The molecule has 2 aromatic rings. The Morgan fingerprint density at radius 1 is 1.21 bits per heavy atom. The number of benzene rings is 2. The van der Waals surface area contributed by atoms with Crippen LogP contribution in [0.15, 0.2) is 36.4 Å². The number of para-hydroxylation sites is 1. The summed E-state index contributed by atoms with van der Waals surface area (Å²) in [6, 6.07) is 10.2. The van der Waals surface area contributed by atoms with Gasteiger partial charge < -0.3 is 0 Å². The number of imide groups is 1. The van der Waals surface area contributed by atoms with E-state index in [1.54, 1.807) is 30.3 Å². The third kappa shape index (κ3) is 3.47. The second-order valence-electron chi connectivity index (χ2n) is 6.63. The molecule has 1 unspecified atom stereocenters. The Hall–Kier alpha value is -2.53. The van der Waals surface area contributed by atoms with Crippen LogP contribution in [0, 0.1) is 5.92 Å². The van der Waals surface area contributed by atoms with E-state index in [1.807, 2.05) is 24.5 Å². The summed E-state index contributed by atoms with van der Waals surface area (Å²) in [6.45, 7) is 3.77. The van der Waals surface area contributed by atoms with Crippen LogP contribution in [0.2, 0.25) is 0 Å². The number of methoxy groups -OCH3 is 2. The van der Waals surface area contributed by atoms with E-state index in [0.717, 1.165) is 5.56 Å². The molecule has 7 heteroatoms. The molecule has 0 fully saturated rings. The summed E-state index contributed by atoms with van der Waals surface area (Å²) < 4.78 is 18.4. The van der Waals surface area contributed by atoms with Crippen LogP contribution in [0.3, 0.4) is 0 Å². The van der Waals surface area contributed by atoms with Gasteiger partial charge in [0.25, 0.3) is 0 Å². The van der Waals surface area contributed by atoms with Gasteiger partial charge in [0.15, 0.2) is 0 Å². The summed E-state index contributed by atoms with van der Waals surface area (Å²) >= 11 is 2.42. The second-order valence-corrected chi connectivity index (χ2v) is 7.13. The van der Waals surface area contributed by atoms with Crippen molar-refractivity contribution < 1.29 is 41.7 Å². The van der Waals surface area contributed by atoms with Crippen LogP contribution >= 0.6 is 0 Å². The Bertz CT molecular complexity index is 940. The Kier molecular flexibility index (Phi) is 5.94. The third-order valence-electron chi connectivity index (χ3n) is 4.53. The summed E-state index contributed by atoms with van der Waals surface area (Å²) in [5, 5.41) is 0. The quantitative estimate of drug-likeness (QED) is 0.499. The average molecular weight is 468 g/mol. The minimum atomic E-state index is -0.756. The van der Waals surface area contributed by atoms with Gasteiger partial charge >= 0.3 is 174 Å². The van der Waals surface area contributed by atoms with Crippen molar-refractivity contribution in [3.63, 3.8) is 0 Å². The van der Waals surface area contributed by atoms with E-state index in [1.165, 1.54) is 19.1 Å². The van der Waals surface area contributed by atoms with Gasteiger partial charge in [-0.25, -0.2) is 0 Å². The van der Waals surface area contributed by atoms with Gasteiger partial charge in [0.2, 0.25) is 0 Å². The van der Waals surface area contributed by atoms with E-state index in [2.05, 4.69) is 17.9 Å². The number of carbonyl (C=O) groups is 2. The zero-order valence-corrected chi connectivity index (χ0v) is 17.8. The fourth-order valence-corrected chi connectivity index (χ4v) is 3.47. The van der Waals surface area contributed by atoms with E-state index >= 15 is 0 Å². The minimum absolute atomic E-state index is 0.104. The molecule has 1 aliphatic rings. The second kappa shape index (κ2) is 8.23. The number of amides is 2. The van der Waals surface area contributed by atoms with Crippen molar-refractivity contribution in [3.05, 3.63) is 47.5 Å². The van der Waals surface area contributed by atoms with Crippen LogP contribution in [0.25, 0.3) is 0 Å². The molecule has 2 amide bonds. The van der Waals surface area contributed by atoms with Gasteiger partial charge in [0, 0.05) is 0 Å². The van der Waals surface area contributed by atoms with Crippen molar-refractivity contribution in [2.24, 2.45) is 5.92 Å². The molecule has 6 nitrogen and oxygen atoms in total. The molecular weight excluding hydrogens is 447 g/mol. The van der Waals surface area contributed by atoms with Gasteiger partial charge in [-0.2, -0.15) is 0 Å². The predicted octanol–water partition coefficient (Wildman–Crippen LogP) is 2.99. The van der Waals surface area contributed by atoms with Crippen LogP contribution < -0.4 is 19.1 Å². The first-order chi connectivity index (χ1) is 13.4. The van der Waals surface area contributed by atoms with E-state index in [9.17, 15) is 9.59 Å². The molecule has 0 aromatic heterocycles. The molecule has 2 aromatic carbocycles. The number of ether oxygens (including phenoxy) is 3. The van der Waals surface area contributed by atoms with Crippen LogP contribution in [0.4, 0.5) is 5.69 Å². The molecule has 0 radical (unpaired) electrons. The van der Waals surface area contributed by atoms with Crippen LogP contribution in [-0.4, -0.2) is 36.7 Å². The molecule has 1 heterocycles. The monoisotopic (exact) mass is 469 g/mol. The van der Waals surface area contributed by atoms with Gasteiger partial charge in [-0.05, 0) is 0 Å². The number of hydrogen-bond donors (Lipinski definition) is 0. The van der Waals surface area contributed by atoms with Crippen LogP contribution in [-0.2, 0) is 22.6 Å². The van der Waals surface area contributed by atoms with Crippen molar-refractivity contribution in [2.75, 3.05) is 19.1 Å². The number of carbonyl (C=O) groups excluding carboxylic acids is 2. The number of fused-ring (bicyclic) bond motifs is 1. The standard InChI is InChI=1S/C21H21NO5.Ru/c1-12(2)18-21(24)22(16-8-6-7-13(3)19(16)27-18)20(23)15-10-9-14(25-4)11-17(15)26-5;/h3,6-12,18H,1-2,4-5H3;/q;+1. The molecule has 0 aliphatic carbocycles. The maximum atomic E-state index is 13.4. The summed E-state index contributed by atoms with van der Waals surface area (Å²) in [5.74, 6) is 0.435. The Labute approximate surface area is 173 Å². The van der Waals surface area contributed by atoms with Gasteiger partial charge in [-0.1, -0.05) is 0 Å². The summed E-state index contributed by atoms with van der Waals surface area (Å²) in [5.41, 5.74) is 1.49. The Balaban J connectivity index is 2.16. The molecular formula is C21H21NO5Ru+. The average Bonchev–Trinajstić information content (AvgIpc) is 2.71. The normalized spacial score (nSPS) is 15.7. The van der Waals surface area contributed by atoms with Crippen LogP contribution in [0.1, 0.15) is 29.8 Å². The molecule has 0 spiro atoms. The van der Waals surface area contributed by atoms with Gasteiger partial charge in [-0.15, -0.1) is 0 Å². The summed E-state index contributed by atoms with van der Waals surface area (Å²) in [6.07, 6.45) is -0.756. The number of rotatable bonds is 5. The van der Waals surface area contributed by atoms with Crippen molar-refractivity contribution in [1.29, 1.82) is 0 Å². The van der Waals surface area contributed by atoms with Gasteiger partial charge in [-0.3, -0.25) is 0 Å². The van der Waals surface area contributed by atoms with E-state index in [0.29, 0.717) is 22.9 Å². The zero-order chi connectivity index (χ0) is 20.4. The van der Waals surface area contributed by atoms with Crippen molar-refractivity contribution >= 4 is 22.1 Å². The van der Waals surface area contributed by atoms with E-state index < -0.39 is 17.9 Å². The van der Waals surface area contributed by atoms with Gasteiger partial charge in [0.1, 0.15) is 0 Å². The molecule has 0 saturated heterocycles. The van der Waals surface area contributed by atoms with E-state index in [-0.39, 0.29) is 11.5 Å². The van der Waals surface area contributed by atoms with Crippen LogP contribution in [0.5, 0.6) is 17.2 Å². The summed E-state index contributed by atoms with van der Waals surface area (Å²) in [7, 11) is 3.01. The first-order valence-corrected chi connectivity index (χ1v) is 9.75.